The van der Waals surface area contributed by atoms with E-state index in [2.05, 4.69) is 15.0 Å². The maximum absolute atomic E-state index is 11.2. The molecule has 0 bridgehead atoms. The third-order valence-electron chi connectivity index (χ3n) is 5.42. The van der Waals surface area contributed by atoms with Crippen LogP contribution in [-0.4, -0.2) is 67.2 Å². The Hall–Kier alpha value is -1.77. The van der Waals surface area contributed by atoms with Gasteiger partial charge in [0.15, 0.2) is 0 Å². The van der Waals surface area contributed by atoms with Gasteiger partial charge in [-0.15, -0.1) is 0 Å². The highest BCUT2D eigenvalue weighted by atomic mass is 16.6. The largest absolute Gasteiger partial charge is 0.467 e. The number of hydrogen-bond acceptors (Lipinski definition) is 8. The van der Waals surface area contributed by atoms with Gasteiger partial charge in [0.1, 0.15) is 24.9 Å². The van der Waals surface area contributed by atoms with Gasteiger partial charge in [-0.2, -0.15) is 0 Å². The summed E-state index contributed by atoms with van der Waals surface area (Å²) < 4.78 is 21.9. The standard InChI is InChI=1S/C18H25N3O5/c1-23-15(22)10-24-14-9-26-16-13(8-25-17(14)16)21-18-19-7-6-12(20-18)11-4-2-3-5-11/h6-7,11,13-14,16-17H,2-5,8-10H2,1H3,(H,19,20,21)/t13-,14-,16-,17+/m0/s1. The van der Waals surface area contributed by atoms with Gasteiger partial charge in [0.05, 0.1) is 26.4 Å². The third kappa shape index (κ3) is 3.67. The highest BCUT2D eigenvalue weighted by molar-refractivity contribution is 5.70. The van der Waals surface area contributed by atoms with Gasteiger partial charge in [-0.05, 0) is 18.9 Å². The van der Waals surface area contributed by atoms with E-state index in [4.69, 9.17) is 19.2 Å². The lowest BCUT2D eigenvalue weighted by Crippen LogP contribution is -2.37. The van der Waals surface area contributed by atoms with Crippen molar-refractivity contribution in [1.29, 1.82) is 0 Å². The van der Waals surface area contributed by atoms with Crippen LogP contribution in [0.5, 0.6) is 0 Å². The Kier molecular flexibility index (Phi) is 5.33. The molecule has 4 atom stereocenters. The number of carbonyl (C=O) groups excluding carboxylic acids is 1. The van der Waals surface area contributed by atoms with Crippen LogP contribution >= 0.6 is 0 Å². The van der Waals surface area contributed by atoms with E-state index >= 15 is 0 Å². The highest BCUT2D eigenvalue weighted by Crippen LogP contribution is 2.34. The number of fused-ring (bicyclic) bond motifs is 1. The quantitative estimate of drug-likeness (QED) is 0.756. The van der Waals surface area contributed by atoms with E-state index in [0.717, 1.165) is 5.69 Å². The third-order valence-corrected chi connectivity index (χ3v) is 5.42. The molecule has 1 N–H and O–H groups in total. The minimum absolute atomic E-state index is 0.0365. The zero-order valence-corrected chi connectivity index (χ0v) is 14.9. The van der Waals surface area contributed by atoms with E-state index in [-0.39, 0.29) is 31.0 Å². The topological polar surface area (TPSA) is 91.8 Å². The normalized spacial score (nSPS) is 31.1. The molecular weight excluding hydrogens is 338 g/mol. The van der Waals surface area contributed by atoms with Crippen molar-refractivity contribution in [3.8, 4) is 0 Å². The molecule has 0 radical (unpaired) electrons. The molecule has 4 rings (SSSR count). The minimum atomic E-state index is -0.404. The van der Waals surface area contributed by atoms with E-state index in [0.29, 0.717) is 25.1 Å². The molecule has 8 nitrogen and oxygen atoms in total. The first kappa shape index (κ1) is 17.6. The number of nitrogens with one attached hydrogen (secondary N) is 1. The Labute approximate surface area is 152 Å². The Morgan fingerprint density at radius 3 is 2.88 bits per heavy atom. The first-order chi connectivity index (χ1) is 12.7. The molecule has 2 saturated heterocycles. The molecule has 3 heterocycles. The van der Waals surface area contributed by atoms with Gasteiger partial charge >= 0.3 is 5.97 Å². The van der Waals surface area contributed by atoms with Crippen molar-refractivity contribution in [3.63, 3.8) is 0 Å². The van der Waals surface area contributed by atoms with Crippen LogP contribution in [0.15, 0.2) is 12.3 Å². The molecule has 3 aliphatic rings. The first-order valence-corrected chi connectivity index (χ1v) is 9.25. The zero-order valence-electron chi connectivity index (χ0n) is 14.9. The van der Waals surface area contributed by atoms with Crippen LogP contribution in [0, 0.1) is 0 Å². The van der Waals surface area contributed by atoms with Crippen LogP contribution in [-0.2, 0) is 23.7 Å². The summed E-state index contributed by atoms with van der Waals surface area (Å²) in [4.78, 5) is 20.3. The number of carbonyl (C=O) groups is 1. The lowest BCUT2D eigenvalue weighted by molar-refractivity contribution is -0.149. The molecule has 142 valence electrons. The predicted octanol–water partition coefficient (Wildman–Crippen LogP) is 1.27. The Morgan fingerprint density at radius 2 is 2.08 bits per heavy atom. The predicted molar refractivity (Wildman–Crippen MR) is 91.9 cm³/mol. The van der Waals surface area contributed by atoms with Gasteiger partial charge in [0.2, 0.25) is 5.95 Å². The lowest BCUT2D eigenvalue weighted by atomic mass is 10.0. The second-order valence-corrected chi connectivity index (χ2v) is 7.06. The van der Waals surface area contributed by atoms with E-state index in [1.807, 2.05) is 12.3 Å². The van der Waals surface area contributed by atoms with Gasteiger partial charge in [0.25, 0.3) is 0 Å². The van der Waals surface area contributed by atoms with E-state index in [9.17, 15) is 4.79 Å². The smallest absolute Gasteiger partial charge is 0.331 e. The van der Waals surface area contributed by atoms with Gasteiger partial charge in [-0.1, -0.05) is 12.8 Å². The van der Waals surface area contributed by atoms with Crippen molar-refractivity contribution < 1.29 is 23.7 Å². The average Bonchev–Trinajstić information content (AvgIpc) is 3.39. The molecule has 0 spiro atoms. The highest BCUT2D eigenvalue weighted by Gasteiger charge is 2.48. The molecule has 26 heavy (non-hydrogen) atoms. The Bertz CT molecular complexity index is 637. The van der Waals surface area contributed by atoms with Crippen molar-refractivity contribution >= 4 is 11.9 Å². The lowest BCUT2D eigenvalue weighted by Gasteiger charge is -2.18. The Morgan fingerprint density at radius 1 is 1.27 bits per heavy atom. The van der Waals surface area contributed by atoms with Crippen LogP contribution in [0.25, 0.3) is 0 Å². The molecule has 0 unspecified atom stereocenters. The SMILES string of the molecule is COC(=O)CO[C@H]1CO[C@@H]2[C@@H]1OC[C@@H]2Nc1nccc(C2CCCC2)n1. The van der Waals surface area contributed by atoms with Gasteiger partial charge < -0.3 is 24.3 Å². The summed E-state index contributed by atoms with van der Waals surface area (Å²) in [5.74, 6) is 0.759. The number of methoxy groups -OCH3 is 1. The molecule has 1 aliphatic carbocycles. The summed E-state index contributed by atoms with van der Waals surface area (Å²) in [5, 5.41) is 3.35. The van der Waals surface area contributed by atoms with Crippen LogP contribution in [0.3, 0.4) is 0 Å². The summed E-state index contributed by atoms with van der Waals surface area (Å²) in [5.41, 5.74) is 1.11. The zero-order chi connectivity index (χ0) is 17.9. The summed E-state index contributed by atoms with van der Waals surface area (Å²) in [6, 6.07) is 1.98. The number of anilines is 1. The molecule has 0 amide bonds. The maximum Gasteiger partial charge on any atom is 0.331 e. The fourth-order valence-electron chi connectivity index (χ4n) is 4.02. The second kappa shape index (κ2) is 7.85. The van der Waals surface area contributed by atoms with E-state index in [1.54, 1.807) is 0 Å². The number of hydrogen-bond donors (Lipinski definition) is 1. The molecule has 1 aromatic rings. The van der Waals surface area contributed by atoms with E-state index in [1.165, 1.54) is 32.8 Å². The number of nitrogens with zero attached hydrogens (tertiary/aromatic N) is 2. The van der Waals surface area contributed by atoms with Crippen LogP contribution in [0.2, 0.25) is 0 Å². The fourth-order valence-corrected chi connectivity index (χ4v) is 4.02. The van der Waals surface area contributed by atoms with Crippen molar-refractivity contribution in [3.05, 3.63) is 18.0 Å². The second-order valence-electron chi connectivity index (χ2n) is 7.06. The van der Waals surface area contributed by atoms with Crippen molar-refractivity contribution in [2.75, 3.05) is 32.2 Å². The number of ether oxygens (including phenoxy) is 4. The Balaban J connectivity index is 1.35. The van der Waals surface area contributed by atoms with Gasteiger partial charge in [-0.25, -0.2) is 14.8 Å². The minimum Gasteiger partial charge on any atom is -0.467 e. The summed E-state index contributed by atoms with van der Waals surface area (Å²) in [6.07, 6.45) is 6.17. The molecule has 0 aromatic carbocycles. The molecular formula is C18H25N3O5. The number of esters is 1. The molecule has 1 saturated carbocycles. The van der Waals surface area contributed by atoms with E-state index < -0.39 is 5.97 Å². The fraction of sp³-hybridized carbons (Fsp3) is 0.722. The summed E-state index contributed by atoms with van der Waals surface area (Å²) >= 11 is 0. The summed E-state index contributed by atoms with van der Waals surface area (Å²) in [7, 11) is 1.34. The molecule has 2 aliphatic heterocycles. The molecule has 1 aromatic heterocycles. The average molecular weight is 363 g/mol. The number of rotatable bonds is 6. The van der Waals surface area contributed by atoms with Crippen LogP contribution < -0.4 is 5.32 Å². The molecule has 3 fully saturated rings. The summed E-state index contributed by atoms with van der Waals surface area (Å²) in [6.45, 7) is 0.791. The molecule has 8 heteroatoms. The van der Waals surface area contributed by atoms with Gasteiger partial charge in [0, 0.05) is 17.8 Å². The van der Waals surface area contributed by atoms with Gasteiger partial charge in [-0.3, -0.25) is 0 Å². The first-order valence-electron chi connectivity index (χ1n) is 9.25. The van der Waals surface area contributed by atoms with Crippen LogP contribution in [0.4, 0.5) is 5.95 Å². The van der Waals surface area contributed by atoms with Crippen molar-refractivity contribution in [2.24, 2.45) is 0 Å². The van der Waals surface area contributed by atoms with Crippen molar-refractivity contribution in [2.45, 2.75) is 56.0 Å². The monoisotopic (exact) mass is 363 g/mol. The maximum atomic E-state index is 11.2. The number of aromatic nitrogens is 2. The van der Waals surface area contributed by atoms with Crippen LogP contribution in [0.1, 0.15) is 37.3 Å². The van der Waals surface area contributed by atoms with Crippen molar-refractivity contribution in [1.82, 2.24) is 9.97 Å².